The van der Waals surface area contributed by atoms with Gasteiger partial charge in [0.05, 0.1) is 52.1 Å². The van der Waals surface area contributed by atoms with Crippen LogP contribution in [0.25, 0.3) is 16.9 Å². The van der Waals surface area contributed by atoms with Gasteiger partial charge in [0.25, 0.3) is 5.91 Å². The Hall–Kier alpha value is -4.05. The van der Waals surface area contributed by atoms with Crippen molar-refractivity contribution >= 4 is 22.9 Å². The second kappa shape index (κ2) is 10.9. The highest BCUT2D eigenvalue weighted by Crippen LogP contribution is 2.56. The number of pyridine rings is 1. The van der Waals surface area contributed by atoms with Crippen LogP contribution in [-0.4, -0.2) is 61.4 Å². The van der Waals surface area contributed by atoms with E-state index in [1.54, 1.807) is 28.8 Å². The molecule has 3 aromatic heterocycles. The fraction of sp³-hybridized carbons (Fsp3) is 0.500. The Bertz CT molecular complexity index is 1580. The molecule has 228 valence electrons. The van der Waals surface area contributed by atoms with Gasteiger partial charge in [-0.1, -0.05) is 0 Å². The van der Waals surface area contributed by atoms with Crippen molar-refractivity contribution in [2.45, 2.75) is 82.3 Å². The number of fused-ring (bicyclic) bond motifs is 4. The summed E-state index contributed by atoms with van der Waals surface area (Å²) in [6.45, 7) is 2.17. The number of nitrogens with zero attached hydrogens (tertiary/aromatic N) is 4. The van der Waals surface area contributed by atoms with Gasteiger partial charge in [-0.25, -0.2) is 8.91 Å². The van der Waals surface area contributed by atoms with E-state index >= 15 is 0 Å². The van der Waals surface area contributed by atoms with Gasteiger partial charge in [-0.3, -0.25) is 14.6 Å². The first-order valence-electron chi connectivity index (χ1n) is 14.0. The molecule has 3 heterocycles. The number of aliphatic hydroxyl groups is 1. The molecule has 6 rings (SSSR count). The Labute approximate surface area is 245 Å². The second-order valence-electron chi connectivity index (χ2n) is 12.4. The van der Waals surface area contributed by atoms with Crippen LogP contribution in [0.2, 0.25) is 0 Å². The quantitative estimate of drug-likeness (QED) is 0.290. The Morgan fingerprint density at radius 3 is 2.40 bits per heavy atom. The molecule has 1 atom stereocenters. The first kappa shape index (κ1) is 30.4. The van der Waals surface area contributed by atoms with Gasteiger partial charge in [0.1, 0.15) is 12.2 Å². The van der Waals surface area contributed by atoms with Gasteiger partial charge < -0.3 is 15.7 Å². The number of hydrogen-bond donors (Lipinski definition) is 3. The Morgan fingerprint density at radius 1 is 1.12 bits per heavy atom. The number of Topliss-reactive ketones (excluding diaryl/α,β-unsaturated/α-hetero) is 1. The summed E-state index contributed by atoms with van der Waals surface area (Å²) in [6, 6.07) is 8.95. The number of hydrogen-bond acceptors (Lipinski definition) is 7. The van der Waals surface area contributed by atoms with Crippen LogP contribution in [-0.2, 0) is 4.79 Å². The van der Waals surface area contributed by atoms with E-state index in [-0.39, 0.29) is 5.56 Å². The molecule has 13 heteroatoms. The Kier molecular flexibility index (Phi) is 7.71. The van der Waals surface area contributed by atoms with E-state index in [0.29, 0.717) is 66.7 Å². The van der Waals surface area contributed by atoms with Gasteiger partial charge in [0.2, 0.25) is 5.78 Å². The van der Waals surface area contributed by atoms with Gasteiger partial charge in [-0.2, -0.15) is 23.5 Å². The van der Waals surface area contributed by atoms with Crippen molar-refractivity contribution in [3.63, 3.8) is 0 Å². The van der Waals surface area contributed by atoms with E-state index in [9.17, 15) is 37.5 Å². The van der Waals surface area contributed by atoms with Crippen molar-refractivity contribution in [3.05, 3.63) is 47.8 Å². The van der Waals surface area contributed by atoms with Crippen LogP contribution in [0, 0.1) is 16.7 Å². The molecule has 3 N–H and O–H groups in total. The minimum absolute atomic E-state index is 0.135. The number of aromatic nitrogens is 3. The van der Waals surface area contributed by atoms with Crippen LogP contribution < -0.4 is 10.6 Å². The molecular formula is C30H32F4N6O3. The minimum Gasteiger partial charge on any atom is -0.387 e. The first-order valence-corrected chi connectivity index (χ1v) is 14.0. The minimum atomic E-state index is -4.85. The lowest BCUT2D eigenvalue weighted by Gasteiger charge is -2.54. The van der Waals surface area contributed by atoms with Crippen LogP contribution in [0.5, 0.6) is 0 Å². The molecule has 0 aromatic carbocycles. The zero-order chi connectivity index (χ0) is 31.2. The molecule has 43 heavy (non-hydrogen) atoms. The lowest BCUT2D eigenvalue weighted by molar-refractivity contribution is -0.175. The summed E-state index contributed by atoms with van der Waals surface area (Å²) in [5.74, 6) is -2.31. The van der Waals surface area contributed by atoms with Crippen LogP contribution in [0.15, 0.2) is 36.7 Å². The molecule has 3 aliphatic rings. The Balaban J connectivity index is 1.44. The molecule has 3 saturated carbocycles. The summed E-state index contributed by atoms with van der Waals surface area (Å²) < 4.78 is 55.1. The summed E-state index contributed by atoms with van der Waals surface area (Å²) in [5, 5.41) is 29.5. The number of halogens is 4. The number of carbonyl (C=O) groups is 2. The normalized spacial score (nSPS) is 22.7. The van der Waals surface area contributed by atoms with Gasteiger partial charge in [0, 0.05) is 18.2 Å². The molecule has 0 saturated heterocycles. The lowest BCUT2D eigenvalue weighted by Crippen LogP contribution is -2.52. The highest BCUT2D eigenvalue weighted by molar-refractivity contribution is 6.00. The maximum atomic E-state index is 14.4. The number of alkyl halides is 4. The van der Waals surface area contributed by atoms with Crippen molar-refractivity contribution in [2.24, 2.45) is 5.41 Å². The molecule has 1 amide bonds. The van der Waals surface area contributed by atoms with E-state index in [0.717, 1.165) is 0 Å². The molecule has 9 nitrogen and oxygen atoms in total. The zero-order valence-electron chi connectivity index (χ0n) is 23.8. The Morgan fingerprint density at radius 2 is 1.79 bits per heavy atom. The number of carbonyl (C=O) groups excluding carboxylic acids is 2. The first-order chi connectivity index (χ1) is 20.1. The van der Waals surface area contributed by atoms with Crippen LogP contribution in [0.4, 0.5) is 23.2 Å². The van der Waals surface area contributed by atoms with E-state index in [2.05, 4.69) is 20.7 Å². The number of rotatable bonds is 9. The summed E-state index contributed by atoms with van der Waals surface area (Å²) in [7, 11) is 0. The predicted octanol–water partition coefficient (Wildman–Crippen LogP) is 5.13. The van der Waals surface area contributed by atoms with Crippen molar-refractivity contribution < 1.29 is 32.3 Å². The summed E-state index contributed by atoms with van der Waals surface area (Å²) in [6.07, 6.45) is -1.48. The maximum Gasteiger partial charge on any atom is 0.449 e. The van der Waals surface area contributed by atoms with E-state index in [1.165, 1.54) is 26.2 Å². The third-order valence-corrected chi connectivity index (χ3v) is 8.90. The zero-order valence-corrected chi connectivity index (χ0v) is 23.8. The van der Waals surface area contributed by atoms with Crippen molar-refractivity contribution in [2.75, 3.05) is 11.9 Å². The fourth-order valence-electron chi connectivity index (χ4n) is 6.10. The maximum absolute atomic E-state index is 14.4. The number of nitriles is 1. The van der Waals surface area contributed by atoms with Crippen LogP contribution in [0.1, 0.15) is 74.7 Å². The molecule has 0 unspecified atom stereocenters. The van der Waals surface area contributed by atoms with Crippen molar-refractivity contribution in [1.82, 2.24) is 19.9 Å². The van der Waals surface area contributed by atoms with E-state index < -0.39 is 53.6 Å². The van der Waals surface area contributed by atoms with Crippen LogP contribution >= 0.6 is 0 Å². The molecule has 2 bridgehead atoms. The smallest absolute Gasteiger partial charge is 0.387 e. The molecule has 3 aliphatic carbocycles. The molecule has 0 spiro atoms. The third kappa shape index (κ3) is 6.20. The van der Waals surface area contributed by atoms with Crippen molar-refractivity contribution in [1.29, 1.82) is 5.26 Å². The average Bonchev–Trinajstić information content (AvgIpc) is 3.39. The third-order valence-electron chi connectivity index (χ3n) is 8.90. The SMILES string of the molecule is CC(C)(O)[C@H](F)CNC(=O)c1cnc(-c2ccc3cc(C#N)cnn23)cc1NC12CCC(CC(=O)C(F)(F)F)(CC1)CC2. The summed E-state index contributed by atoms with van der Waals surface area (Å²) >= 11 is 0. The standard InChI is InChI=1S/C30H32F4N6O3/c1-27(2,43)24(31)17-37-26(42)20-16-36-22(23-4-3-19-11-18(14-35)15-38-40(19)23)12-21(20)39-29-8-5-28(6-9-29,7-10-29)13-25(41)30(32,33)34/h3-4,11-12,15-16,24,43H,5-10,13,17H2,1-2H3,(H,36,39)(H,37,42)/t24-,28?,29?/m1/s1. The predicted molar refractivity (Wildman–Crippen MR) is 149 cm³/mol. The average molecular weight is 601 g/mol. The summed E-state index contributed by atoms with van der Waals surface area (Å²) in [5.41, 5.74) is -0.220. The molecular weight excluding hydrogens is 568 g/mol. The van der Waals surface area contributed by atoms with Crippen molar-refractivity contribution in [3.8, 4) is 17.5 Å². The monoisotopic (exact) mass is 600 g/mol. The molecule has 0 radical (unpaired) electrons. The van der Waals surface area contributed by atoms with E-state index in [1.807, 2.05) is 6.07 Å². The number of anilines is 1. The summed E-state index contributed by atoms with van der Waals surface area (Å²) in [4.78, 5) is 29.5. The number of ketones is 1. The van der Waals surface area contributed by atoms with Gasteiger partial charge in [-0.05, 0) is 82.1 Å². The van der Waals surface area contributed by atoms with Gasteiger partial charge in [-0.15, -0.1) is 0 Å². The fourth-order valence-corrected chi connectivity index (χ4v) is 6.10. The highest BCUT2D eigenvalue weighted by Gasteiger charge is 2.52. The molecule has 0 aliphatic heterocycles. The topological polar surface area (TPSA) is 132 Å². The molecule has 3 fully saturated rings. The number of amides is 1. The second-order valence-corrected chi connectivity index (χ2v) is 12.4. The largest absolute Gasteiger partial charge is 0.449 e. The van der Waals surface area contributed by atoms with E-state index in [4.69, 9.17) is 0 Å². The van der Waals surface area contributed by atoms with Crippen LogP contribution in [0.3, 0.4) is 0 Å². The highest BCUT2D eigenvalue weighted by atomic mass is 19.4. The van der Waals surface area contributed by atoms with Gasteiger partial charge >= 0.3 is 6.18 Å². The molecule has 3 aromatic rings. The lowest BCUT2D eigenvalue weighted by atomic mass is 9.55. The van der Waals surface area contributed by atoms with Gasteiger partial charge in [0.15, 0.2) is 0 Å². The number of nitrogens with one attached hydrogen (secondary N) is 2.